The third kappa shape index (κ3) is 1.29. The first-order valence-corrected chi connectivity index (χ1v) is 6.30. The van der Waals surface area contributed by atoms with Crippen LogP contribution in [0, 0.1) is 5.41 Å². The molecule has 0 atom stereocenters. The van der Waals surface area contributed by atoms with Crippen LogP contribution >= 0.6 is 0 Å². The van der Waals surface area contributed by atoms with Crippen LogP contribution in [0.15, 0.2) is 30.3 Å². The lowest BCUT2D eigenvalue weighted by atomic mass is 9.85. The van der Waals surface area contributed by atoms with Crippen LogP contribution in [0.3, 0.4) is 0 Å². The standard InChI is InChI=1S/C13H11N5O2/c19-11-13(12(20)16-15-11)6-9-10(7-13)18(17-14-9)8-4-2-1-3-5-8/h1-5H,6-7H2,(H,15,19)(H,16,20). The SMILES string of the molecule is O=C1NNC(=O)C12Cc1nnn(-c3ccccc3)c1C2. The van der Waals surface area contributed by atoms with Gasteiger partial charge in [0.2, 0.25) is 0 Å². The van der Waals surface area contributed by atoms with Gasteiger partial charge in [-0.2, -0.15) is 0 Å². The summed E-state index contributed by atoms with van der Waals surface area (Å²) in [5.74, 6) is -0.583. The second-order valence-corrected chi connectivity index (χ2v) is 5.07. The quantitative estimate of drug-likeness (QED) is 0.684. The number of aromatic nitrogens is 3. The minimum absolute atomic E-state index is 0.292. The van der Waals surface area contributed by atoms with Crippen LogP contribution in [-0.2, 0) is 22.4 Å². The van der Waals surface area contributed by atoms with E-state index in [1.807, 2.05) is 30.3 Å². The van der Waals surface area contributed by atoms with Gasteiger partial charge in [0, 0.05) is 12.8 Å². The Bertz CT molecular complexity index is 706. The van der Waals surface area contributed by atoms with Crippen molar-refractivity contribution in [2.24, 2.45) is 5.41 Å². The monoisotopic (exact) mass is 269 g/mol. The summed E-state index contributed by atoms with van der Waals surface area (Å²) in [5, 5.41) is 8.23. The summed E-state index contributed by atoms with van der Waals surface area (Å²) in [6.07, 6.45) is 0.620. The molecule has 0 bridgehead atoms. The van der Waals surface area contributed by atoms with Crippen molar-refractivity contribution in [3.05, 3.63) is 41.7 Å². The van der Waals surface area contributed by atoms with Crippen LogP contribution in [0.4, 0.5) is 0 Å². The maximum Gasteiger partial charge on any atom is 0.254 e. The average molecular weight is 269 g/mol. The Hall–Kier alpha value is -2.70. The van der Waals surface area contributed by atoms with Crippen molar-refractivity contribution in [2.75, 3.05) is 0 Å². The van der Waals surface area contributed by atoms with Crippen molar-refractivity contribution < 1.29 is 9.59 Å². The molecule has 20 heavy (non-hydrogen) atoms. The fourth-order valence-corrected chi connectivity index (χ4v) is 2.83. The Kier molecular flexibility index (Phi) is 2.04. The van der Waals surface area contributed by atoms with Crippen LogP contribution < -0.4 is 10.9 Å². The van der Waals surface area contributed by atoms with Gasteiger partial charge in [-0.05, 0) is 12.1 Å². The fourth-order valence-electron chi connectivity index (χ4n) is 2.83. The van der Waals surface area contributed by atoms with Gasteiger partial charge in [0.15, 0.2) is 0 Å². The van der Waals surface area contributed by atoms with Gasteiger partial charge >= 0.3 is 0 Å². The molecule has 4 rings (SSSR count). The van der Waals surface area contributed by atoms with Crippen molar-refractivity contribution in [3.63, 3.8) is 0 Å². The van der Waals surface area contributed by atoms with Gasteiger partial charge in [0.05, 0.1) is 17.1 Å². The number of rotatable bonds is 1. The zero-order valence-electron chi connectivity index (χ0n) is 10.5. The molecule has 2 heterocycles. The molecule has 2 aromatic rings. The van der Waals surface area contributed by atoms with Crippen LogP contribution in [0.2, 0.25) is 0 Å². The molecule has 100 valence electrons. The number of hydrogen-bond acceptors (Lipinski definition) is 4. The Morgan fingerprint density at radius 2 is 1.75 bits per heavy atom. The molecule has 2 N–H and O–H groups in total. The number of para-hydroxylation sites is 1. The Labute approximate surface area is 113 Å². The molecule has 1 saturated heterocycles. The Morgan fingerprint density at radius 3 is 2.45 bits per heavy atom. The molecule has 1 aliphatic carbocycles. The third-order valence-corrected chi connectivity index (χ3v) is 3.94. The molecule has 0 radical (unpaired) electrons. The second kappa shape index (κ2) is 3.66. The molecule has 1 aromatic heterocycles. The summed E-state index contributed by atoms with van der Waals surface area (Å²) in [7, 11) is 0. The third-order valence-electron chi connectivity index (χ3n) is 3.94. The van der Waals surface area contributed by atoms with E-state index in [1.54, 1.807) is 4.68 Å². The van der Waals surface area contributed by atoms with E-state index < -0.39 is 5.41 Å². The van der Waals surface area contributed by atoms with Crippen molar-refractivity contribution in [1.29, 1.82) is 0 Å². The Morgan fingerprint density at radius 1 is 1.05 bits per heavy atom. The molecule has 1 fully saturated rings. The van der Waals surface area contributed by atoms with Crippen molar-refractivity contribution in [3.8, 4) is 5.69 Å². The van der Waals surface area contributed by atoms with Gasteiger partial charge in [-0.3, -0.25) is 20.4 Å². The van der Waals surface area contributed by atoms with Crippen LogP contribution in [0.1, 0.15) is 11.4 Å². The van der Waals surface area contributed by atoms with E-state index in [1.165, 1.54) is 0 Å². The van der Waals surface area contributed by atoms with Gasteiger partial charge < -0.3 is 0 Å². The highest BCUT2D eigenvalue weighted by atomic mass is 16.2. The average Bonchev–Trinajstić information content (AvgIpc) is 3.10. The molecule has 1 spiro atoms. The lowest BCUT2D eigenvalue weighted by Gasteiger charge is -2.15. The highest BCUT2D eigenvalue weighted by molar-refractivity contribution is 6.10. The number of hydrogen-bond donors (Lipinski definition) is 2. The van der Waals surface area contributed by atoms with E-state index in [0.717, 1.165) is 11.4 Å². The minimum atomic E-state index is -1.06. The summed E-state index contributed by atoms with van der Waals surface area (Å²) >= 11 is 0. The number of fused-ring (bicyclic) bond motifs is 1. The predicted molar refractivity (Wildman–Crippen MR) is 67.5 cm³/mol. The lowest BCUT2D eigenvalue weighted by Crippen LogP contribution is -2.37. The highest BCUT2D eigenvalue weighted by Crippen LogP contribution is 2.38. The molecule has 1 aliphatic heterocycles. The number of nitrogens with zero attached hydrogens (tertiary/aromatic N) is 3. The van der Waals surface area contributed by atoms with Gasteiger partial charge in [-0.15, -0.1) is 5.10 Å². The first kappa shape index (κ1) is 11.2. The zero-order chi connectivity index (χ0) is 13.7. The topological polar surface area (TPSA) is 88.9 Å². The molecule has 7 nitrogen and oxygen atoms in total. The van der Waals surface area contributed by atoms with Crippen LogP contribution in [0.5, 0.6) is 0 Å². The highest BCUT2D eigenvalue weighted by Gasteiger charge is 2.56. The molecular weight excluding hydrogens is 258 g/mol. The second-order valence-electron chi connectivity index (χ2n) is 5.07. The molecule has 2 aliphatic rings. The summed E-state index contributed by atoms with van der Waals surface area (Å²) < 4.78 is 1.70. The van der Waals surface area contributed by atoms with E-state index in [2.05, 4.69) is 21.2 Å². The number of amides is 2. The molecular formula is C13H11N5O2. The molecule has 1 aromatic carbocycles. The van der Waals surface area contributed by atoms with Crippen LogP contribution in [-0.4, -0.2) is 26.8 Å². The van der Waals surface area contributed by atoms with Gasteiger partial charge in [0.1, 0.15) is 5.41 Å². The van der Waals surface area contributed by atoms with Crippen molar-refractivity contribution in [2.45, 2.75) is 12.8 Å². The summed E-state index contributed by atoms with van der Waals surface area (Å²) in [4.78, 5) is 23.9. The van der Waals surface area contributed by atoms with Crippen LogP contribution in [0.25, 0.3) is 5.69 Å². The number of carbonyl (C=O) groups excluding carboxylic acids is 2. The van der Waals surface area contributed by atoms with Crippen molar-refractivity contribution >= 4 is 11.8 Å². The van der Waals surface area contributed by atoms with E-state index in [0.29, 0.717) is 18.5 Å². The first-order chi connectivity index (χ1) is 9.71. The molecule has 0 saturated carbocycles. The predicted octanol–water partition coefficient (Wildman–Crippen LogP) is -0.487. The van der Waals surface area contributed by atoms with E-state index in [-0.39, 0.29) is 11.8 Å². The maximum atomic E-state index is 12.0. The summed E-state index contributed by atoms with van der Waals surface area (Å²) in [6.45, 7) is 0. The lowest BCUT2D eigenvalue weighted by molar-refractivity contribution is -0.135. The smallest absolute Gasteiger partial charge is 0.254 e. The van der Waals surface area contributed by atoms with E-state index in [9.17, 15) is 9.59 Å². The fraction of sp³-hybridized carbons (Fsp3) is 0.231. The van der Waals surface area contributed by atoms with Gasteiger partial charge in [-0.25, -0.2) is 4.68 Å². The normalized spacial score (nSPS) is 19.0. The first-order valence-electron chi connectivity index (χ1n) is 6.30. The molecule has 2 amide bonds. The molecule has 0 unspecified atom stereocenters. The van der Waals surface area contributed by atoms with E-state index in [4.69, 9.17) is 0 Å². The number of hydrazine groups is 1. The van der Waals surface area contributed by atoms with Gasteiger partial charge in [0.25, 0.3) is 11.8 Å². The van der Waals surface area contributed by atoms with Gasteiger partial charge in [-0.1, -0.05) is 23.4 Å². The van der Waals surface area contributed by atoms with Crippen molar-refractivity contribution in [1.82, 2.24) is 25.8 Å². The zero-order valence-corrected chi connectivity index (χ0v) is 10.5. The maximum absolute atomic E-state index is 12.0. The number of carbonyl (C=O) groups is 2. The summed E-state index contributed by atoms with van der Waals surface area (Å²) in [6, 6.07) is 9.55. The Balaban J connectivity index is 1.79. The van der Waals surface area contributed by atoms with E-state index >= 15 is 0 Å². The minimum Gasteiger partial charge on any atom is -0.272 e. The summed E-state index contributed by atoms with van der Waals surface area (Å²) in [5.41, 5.74) is 6.13. The number of benzene rings is 1. The largest absolute Gasteiger partial charge is 0.272 e. The number of nitrogens with one attached hydrogen (secondary N) is 2. The molecule has 7 heteroatoms.